The Kier molecular flexibility index (Phi) is 9.73. The lowest BCUT2D eigenvalue weighted by Crippen LogP contribution is -2.52. The Morgan fingerprint density at radius 3 is 2.39 bits per heavy atom. The van der Waals surface area contributed by atoms with E-state index >= 15 is 0 Å². The standard InChI is InChI=1S/C15H27N3O3.2ClH/c19-15(9-14-12-21-8-2-16-14)18-5-3-17(4-6-18)10-13-1-7-20-11-13;;/h13-14,16H,1-12H2;2*1H. The summed E-state index contributed by atoms with van der Waals surface area (Å²) in [7, 11) is 0. The van der Waals surface area contributed by atoms with E-state index < -0.39 is 0 Å². The summed E-state index contributed by atoms with van der Waals surface area (Å²) in [6, 6.07) is 0.194. The Labute approximate surface area is 151 Å². The number of piperazine rings is 1. The summed E-state index contributed by atoms with van der Waals surface area (Å²) in [5.74, 6) is 0.956. The number of hydrogen-bond acceptors (Lipinski definition) is 5. The second-order valence-corrected chi connectivity index (χ2v) is 6.34. The molecular weight excluding hydrogens is 341 g/mol. The van der Waals surface area contributed by atoms with Gasteiger partial charge in [0.15, 0.2) is 0 Å². The van der Waals surface area contributed by atoms with E-state index in [1.807, 2.05) is 4.90 Å². The molecule has 0 bridgehead atoms. The Hall–Kier alpha value is -0.110. The van der Waals surface area contributed by atoms with E-state index in [0.717, 1.165) is 59.1 Å². The SMILES string of the molecule is Cl.Cl.O=C(CC1COCCN1)N1CCN(CC2CCOC2)CC1. The van der Waals surface area contributed by atoms with Crippen LogP contribution in [0.1, 0.15) is 12.8 Å². The van der Waals surface area contributed by atoms with Crippen molar-refractivity contribution >= 4 is 30.7 Å². The van der Waals surface area contributed by atoms with Crippen LogP contribution in [-0.2, 0) is 14.3 Å². The molecule has 2 atom stereocenters. The molecule has 6 nitrogen and oxygen atoms in total. The predicted molar refractivity (Wildman–Crippen MR) is 93.7 cm³/mol. The molecule has 0 aromatic heterocycles. The molecule has 3 aliphatic heterocycles. The van der Waals surface area contributed by atoms with Crippen molar-refractivity contribution in [1.82, 2.24) is 15.1 Å². The first-order valence-corrected chi connectivity index (χ1v) is 8.20. The maximum Gasteiger partial charge on any atom is 0.224 e. The lowest BCUT2D eigenvalue weighted by molar-refractivity contribution is -0.134. The normalized spacial score (nSPS) is 28.8. The highest BCUT2D eigenvalue weighted by Gasteiger charge is 2.26. The summed E-state index contributed by atoms with van der Waals surface area (Å²) < 4.78 is 10.8. The Balaban J connectivity index is 0.00000132. The minimum atomic E-state index is 0. The van der Waals surface area contributed by atoms with Gasteiger partial charge in [-0.25, -0.2) is 0 Å². The van der Waals surface area contributed by atoms with Crippen molar-refractivity contribution in [2.24, 2.45) is 5.92 Å². The molecule has 3 rings (SSSR count). The molecule has 136 valence electrons. The van der Waals surface area contributed by atoms with Crippen LogP contribution in [0.25, 0.3) is 0 Å². The fourth-order valence-electron chi connectivity index (χ4n) is 3.36. The van der Waals surface area contributed by atoms with Crippen LogP contribution in [0.15, 0.2) is 0 Å². The summed E-state index contributed by atoms with van der Waals surface area (Å²) in [6.45, 7) is 8.94. The average Bonchev–Trinajstić information content (AvgIpc) is 3.02. The molecule has 1 amide bonds. The number of carbonyl (C=O) groups excluding carboxylic acids is 1. The highest BCUT2D eigenvalue weighted by Crippen LogP contribution is 2.15. The van der Waals surface area contributed by atoms with E-state index in [2.05, 4.69) is 10.2 Å². The first kappa shape index (κ1) is 20.9. The topological polar surface area (TPSA) is 54.0 Å². The zero-order valence-electron chi connectivity index (χ0n) is 13.6. The van der Waals surface area contributed by atoms with Crippen molar-refractivity contribution < 1.29 is 14.3 Å². The second-order valence-electron chi connectivity index (χ2n) is 6.34. The summed E-state index contributed by atoms with van der Waals surface area (Å²) in [4.78, 5) is 16.8. The van der Waals surface area contributed by atoms with Crippen LogP contribution < -0.4 is 5.32 Å². The van der Waals surface area contributed by atoms with Gasteiger partial charge in [-0.2, -0.15) is 0 Å². The minimum Gasteiger partial charge on any atom is -0.381 e. The van der Waals surface area contributed by atoms with E-state index in [4.69, 9.17) is 9.47 Å². The third-order valence-corrected chi connectivity index (χ3v) is 4.68. The first-order chi connectivity index (χ1) is 10.3. The van der Waals surface area contributed by atoms with E-state index in [0.29, 0.717) is 18.9 Å². The zero-order valence-corrected chi connectivity index (χ0v) is 15.2. The molecule has 0 aliphatic carbocycles. The number of nitrogens with zero attached hydrogens (tertiary/aromatic N) is 2. The van der Waals surface area contributed by atoms with Crippen molar-refractivity contribution in [2.75, 3.05) is 65.7 Å². The number of ether oxygens (including phenoxy) is 2. The van der Waals surface area contributed by atoms with Gasteiger partial charge in [-0.15, -0.1) is 24.8 Å². The lowest BCUT2D eigenvalue weighted by atomic mass is 10.1. The quantitative estimate of drug-likeness (QED) is 0.776. The van der Waals surface area contributed by atoms with Crippen LogP contribution in [0.3, 0.4) is 0 Å². The number of morpholine rings is 1. The van der Waals surface area contributed by atoms with Crippen molar-refractivity contribution in [3.05, 3.63) is 0 Å². The molecule has 8 heteroatoms. The van der Waals surface area contributed by atoms with Gasteiger partial charge in [-0.3, -0.25) is 9.69 Å². The first-order valence-electron chi connectivity index (χ1n) is 8.20. The largest absolute Gasteiger partial charge is 0.381 e. The summed E-state index contributed by atoms with van der Waals surface area (Å²) >= 11 is 0. The molecule has 3 fully saturated rings. The zero-order chi connectivity index (χ0) is 14.5. The van der Waals surface area contributed by atoms with Crippen molar-refractivity contribution in [1.29, 1.82) is 0 Å². The third kappa shape index (κ3) is 6.36. The van der Waals surface area contributed by atoms with Crippen LogP contribution in [0.2, 0.25) is 0 Å². The molecule has 1 N–H and O–H groups in total. The van der Waals surface area contributed by atoms with Gasteiger partial charge in [-0.1, -0.05) is 0 Å². The van der Waals surface area contributed by atoms with Crippen LogP contribution in [0.4, 0.5) is 0 Å². The molecule has 2 unspecified atom stereocenters. The lowest BCUT2D eigenvalue weighted by Gasteiger charge is -2.36. The van der Waals surface area contributed by atoms with Crippen molar-refractivity contribution in [3.8, 4) is 0 Å². The van der Waals surface area contributed by atoms with Crippen molar-refractivity contribution in [2.45, 2.75) is 18.9 Å². The Morgan fingerprint density at radius 2 is 1.78 bits per heavy atom. The van der Waals surface area contributed by atoms with Gasteiger partial charge in [0.05, 0.1) is 19.8 Å². The van der Waals surface area contributed by atoms with Crippen molar-refractivity contribution in [3.63, 3.8) is 0 Å². The van der Waals surface area contributed by atoms with Crippen LogP contribution in [0.5, 0.6) is 0 Å². The van der Waals surface area contributed by atoms with Gasteiger partial charge in [0, 0.05) is 58.3 Å². The Bertz CT molecular complexity index is 343. The average molecular weight is 370 g/mol. The number of carbonyl (C=O) groups is 1. The molecule has 0 aromatic rings. The third-order valence-electron chi connectivity index (χ3n) is 4.68. The van der Waals surface area contributed by atoms with E-state index in [1.54, 1.807) is 0 Å². The fraction of sp³-hybridized carbons (Fsp3) is 0.933. The highest BCUT2D eigenvalue weighted by molar-refractivity contribution is 5.85. The predicted octanol–water partition coefficient (Wildman–Crippen LogP) is 0.389. The van der Waals surface area contributed by atoms with Crippen LogP contribution in [0, 0.1) is 5.92 Å². The minimum absolute atomic E-state index is 0. The molecule has 3 aliphatic rings. The Morgan fingerprint density at radius 1 is 1.04 bits per heavy atom. The summed E-state index contributed by atoms with van der Waals surface area (Å²) in [5.41, 5.74) is 0. The molecule has 3 heterocycles. The maximum absolute atomic E-state index is 12.3. The van der Waals surface area contributed by atoms with Gasteiger partial charge in [-0.05, 0) is 12.3 Å². The van der Waals surface area contributed by atoms with E-state index in [-0.39, 0.29) is 36.8 Å². The van der Waals surface area contributed by atoms with Gasteiger partial charge in [0.25, 0.3) is 0 Å². The molecule has 0 saturated carbocycles. The summed E-state index contributed by atoms with van der Waals surface area (Å²) in [6.07, 6.45) is 1.75. The number of nitrogens with one attached hydrogen (secondary N) is 1. The van der Waals surface area contributed by atoms with Crippen LogP contribution in [-0.4, -0.2) is 87.4 Å². The molecular formula is C15H29Cl2N3O3. The molecule has 0 aromatic carbocycles. The fourth-order valence-corrected chi connectivity index (χ4v) is 3.36. The molecule has 0 radical (unpaired) electrons. The smallest absolute Gasteiger partial charge is 0.224 e. The van der Waals surface area contributed by atoms with Gasteiger partial charge in [0.2, 0.25) is 5.91 Å². The van der Waals surface area contributed by atoms with Gasteiger partial charge >= 0.3 is 0 Å². The van der Waals surface area contributed by atoms with Crippen LogP contribution >= 0.6 is 24.8 Å². The molecule has 3 saturated heterocycles. The van der Waals surface area contributed by atoms with E-state index in [9.17, 15) is 4.79 Å². The highest BCUT2D eigenvalue weighted by atomic mass is 35.5. The van der Waals surface area contributed by atoms with Gasteiger partial charge in [0.1, 0.15) is 0 Å². The maximum atomic E-state index is 12.3. The number of halogens is 2. The number of amides is 1. The number of hydrogen-bond donors (Lipinski definition) is 1. The molecule has 0 spiro atoms. The monoisotopic (exact) mass is 369 g/mol. The molecule has 23 heavy (non-hydrogen) atoms. The second kappa shape index (κ2) is 10.7. The number of rotatable bonds is 4. The van der Waals surface area contributed by atoms with Gasteiger partial charge < -0.3 is 19.7 Å². The summed E-state index contributed by atoms with van der Waals surface area (Å²) in [5, 5.41) is 3.35. The van der Waals surface area contributed by atoms with E-state index in [1.165, 1.54) is 6.42 Å².